The van der Waals surface area contributed by atoms with Gasteiger partial charge in [-0.15, -0.1) is 11.3 Å². The molecule has 0 amide bonds. The van der Waals surface area contributed by atoms with Crippen LogP contribution in [0.4, 0.5) is 0 Å². The van der Waals surface area contributed by atoms with Crippen LogP contribution in [-0.4, -0.2) is 29.2 Å². The van der Waals surface area contributed by atoms with Gasteiger partial charge in [0.15, 0.2) is 0 Å². The second kappa shape index (κ2) is 5.30. The fourth-order valence-electron chi connectivity index (χ4n) is 2.48. The Balaban J connectivity index is 1.98. The van der Waals surface area contributed by atoms with Crippen molar-refractivity contribution >= 4 is 11.3 Å². The van der Waals surface area contributed by atoms with Gasteiger partial charge in [0.2, 0.25) is 0 Å². The molecule has 2 rings (SSSR count). The molecule has 90 valence electrons. The number of rotatable bonds is 4. The van der Waals surface area contributed by atoms with E-state index in [1.807, 2.05) is 11.3 Å². The van der Waals surface area contributed by atoms with Crippen LogP contribution in [0.25, 0.3) is 0 Å². The van der Waals surface area contributed by atoms with Crippen LogP contribution in [0.1, 0.15) is 30.0 Å². The monoisotopic (exact) mass is 239 g/mol. The Kier molecular flexibility index (Phi) is 4.00. The smallest absolute Gasteiger partial charge is 0.0589 e. The molecule has 1 aliphatic heterocycles. The maximum Gasteiger partial charge on any atom is 0.0589 e. The molecule has 1 aliphatic rings. The van der Waals surface area contributed by atoms with E-state index in [0.717, 1.165) is 19.5 Å². The zero-order valence-electron chi connectivity index (χ0n) is 10.1. The topological polar surface area (TPSA) is 23.5 Å². The summed E-state index contributed by atoms with van der Waals surface area (Å²) in [5.41, 5.74) is 0. The molecule has 16 heavy (non-hydrogen) atoms. The molecule has 2 atom stereocenters. The van der Waals surface area contributed by atoms with Gasteiger partial charge in [0.05, 0.1) is 6.61 Å². The minimum absolute atomic E-state index is 0.299. The van der Waals surface area contributed by atoms with Crippen LogP contribution in [0.2, 0.25) is 0 Å². The lowest BCUT2D eigenvalue weighted by Crippen LogP contribution is -2.34. The zero-order valence-corrected chi connectivity index (χ0v) is 11.0. The SMILES string of the molecule is CCc1ccc(CN2CCC(C)C2CO)s1. The lowest BCUT2D eigenvalue weighted by molar-refractivity contribution is 0.135. The summed E-state index contributed by atoms with van der Waals surface area (Å²) < 4.78 is 0. The standard InChI is InChI=1S/C13H21NOS/c1-3-11-4-5-12(16-11)8-14-7-6-10(2)13(14)9-15/h4-5,10,13,15H,3,6-9H2,1-2H3. The summed E-state index contributed by atoms with van der Waals surface area (Å²) in [6, 6.07) is 4.83. The van der Waals surface area contributed by atoms with Crippen LogP contribution in [0.5, 0.6) is 0 Å². The number of aliphatic hydroxyl groups excluding tert-OH is 1. The third-order valence-electron chi connectivity index (χ3n) is 3.61. The van der Waals surface area contributed by atoms with Gasteiger partial charge in [-0.1, -0.05) is 13.8 Å². The molecule has 0 aromatic carbocycles. The van der Waals surface area contributed by atoms with Gasteiger partial charge in [0.1, 0.15) is 0 Å². The van der Waals surface area contributed by atoms with E-state index >= 15 is 0 Å². The van der Waals surface area contributed by atoms with E-state index < -0.39 is 0 Å². The molecular weight excluding hydrogens is 218 g/mol. The van der Waals surface area contributed by atoms with Gasteiger partial charge in [-0.2, -0.15) is 0 Å². The average molecular weight is 239 g/mol. The molecule has 0 aliphatic carbocycles. The molecule has 1 N–H and O–H groups in total. The predicted octanol–water partition coefficient (Wildman–Crippen LogP) is 2.51. The molecule has 2 heterocycles. The van der Waals surface area contributed by atoms with Gasteiger partial charge < -0.3 is 5.11 Å². The highest BCUT2D eigenvalue weighted by atomic mass is 32.1. The number of hydrogen-bond acceptors (Lipinski definition) is 3. The minimum Gasteiger partial charge on any atom is -0.395 e. The second-order valence-corrected chi connectivity index (χ2v) is 5.96. The van der Waals surface area contributed by atoms with Crippen molar-refractivity contribution in [2.75, 3.05) is 13.2 Å². The molecule has 2 nitrogen and oxygen atoms in total. The molecule has 0 bridgehead atoms. The number of hydrogen-bond donors (Lipinski definition) is 1. The molecule has 3 heteroatoms. The van der Waals surface area contributed by atoms with E-state index in [2.05, 4.69) is 30.9 Å². The fraction of sp³-hybridized carbons (Fsp3) is 0.692. The van der Waals surface area contributed by atoms with Gasteiger partial charge >= 0.3 is 0 Å². The van der Waals surface area contributed by atoms with Crippen molar-refractivity contribution in [1.82, 2.24) is 4.90 Å². The Bertz CT molecular complexity index is 336. The van der Waals surface area contributed by atoms with E-state index in [4.69, 9.17) is 0 Å². The number of aryl methyl sites for hydroxylation is 1. The van der Waals surface area contributed by atoms with Crippen molar-refractivity contribution in [3.8, 4) is 0 Å². The summed E-state index contributed by atoms with van der Waals surface area (Å²) in [7, 11) is 0. The van der Waals surface area contributed by atoms with E-state index in [0.29, 0.717) is 18.6 Å². The normalized spacial score (nSPS) is 26.4. The van der Waals surface area contributed by atoms with E-state index in [-0.39, 0.29) is 0 Å². The molecular formula is C13H21NOS. The molecule has 1 aromatic rings. The molecule has 1 saturated heterocycles. The highest BCUT2D eigenvalue weighted by Gasteiger charge is 2.30. The quantitative estimate of drug-likeness (QED) is 0.872. The van der Waals surface area contributed by atoms with Crippen LogP contribution in [0.3, 0.4) is 0 Å². The highest BCUT2D eigenvalue weighted by Crippen LogP contribution is 2.27. The molecule has 2 unspecified atom stereocenters. The maximum atomic E-state index is 9.40. The molecule has 1 fully saturated rings. The lowest BCUT2D eigenvalue weighted by atomic mass is 10.0. The zero-order chi connectivity index (χ0) is 11.5. The Labute approximate surface area is 102 Å². The summed E-state index contributed by atoms with van der Waals surface area (Å²) >= 11 is 1.91. The molecule has 0 saturated carbocycles. The van der Waals surface area contributed by atoms with E-state index in [9.17, 15) is 5.11 Å². The maximum absolute atomic E-state index is 9.40. The summed E-state index contributed by atoms with van der Waals surface area (Å²) in [6.45, 7) is 6.88. The van der Waals surface area contributed by atoms with E-state index in [1.54, 1.807) is 0 Å². The van der Waals surface area contributed by atoms with Crippen LogP contribution < -0.4 is 0 Å². The lowest BCUT2D eigenvalue weighted by Gasteiger charge is -2.24. The van der Waals surface area contributed by atoms with Crippen molar-refractivity contribution in [2.45, 2.75) is 39.3 Å². The van der Waals surface area contributed by atoms with Gasteiger partial charge in [0, 0.05) is 22.3 Å². The summed E-state index contributed by atoms with van der Waals surface area (Å²) in [5.74, 6) is 0.635. The Hall–Kier alpha value is -0.380. The summed E-state index contributed by atoms with van der Waals surface area (Å²) in [4.78, 5) is 5.32. The third-order valence-corrected chi connectivity index (χ3v) is 4.82. The van der Waals surface area contributed by atoms with Crippen molar-refractivity contribution in [3.05, 3.63) is 21.9 Å². The predicted molar refractivity (Wildman–Crippen MR) is 68.8 cm³/mol. The largest absolute Gasteiger partial charge is 0.395 e. The van der Waals surface area contributed by atoms with Crippen molar-refractivity contribution < 1.29 is 5.11 Å². The fourth-order valence-corrected chi connectivity index (χ4v) is 3.46. The third kappa shape index (κ3) is 2.47. The van der Waals surface area contributed by atoms with Crippen LogP contribution in [-0.2, 0) is 13.0 Å². The number of likely N-dealkylation sites (tertiary alicyclic amines) is 1. The van der Waals surface area contributed by atoms with Gasteiger partial charge in [-0.25, -0.2) is 0 Å². The Morgan fingerprint density at radius 1 is 1.44 bits per heavy atom. The minimum atomic E-state index is 0.299. The van der Waals surface area contributed by atoms with Crippen LogP contribution >= 0.6 is 11.3 Å². The van der Waals surface area contributed by atoms with Gasteiger partial charge in [-0.3, -0.25) is 4.90 Å². The summed E-state index contributed by atoms with van der Waals surface area (Å²) in [5, 5.41) is 9.40. The Morgan fingerprint density at radius 2 is 2.19 bits per heavy atom. The molecule has 1 aromatic heterocycles. The number of nitrogens with zero attached hydrogens (tertiary/aromatic N) is 1. The summed E-state index contributed by atoms with van der Waals surface area (Å²) in [6.07, 6.45) is 2.35. The first-order chi connectivity index (χ1) is 7.74. The number of thiophene rings is 1. The van der Waals surface area contributed by atoms with Gasteiger partial charge in [0.25, 0.3) is 0 Å². The second-order valence-electron chi connectivity index (χ2n) is 4.71. The van der Waals surface area contributed by atoms with Crippen molar-refractivity contribution in [2.24, 2.45) is 5.92 Å². The van der Waals surface area contributed by atoms with E-state index in [1.165, 1.54) is 16.2 Å². The first-order valence-electron chi connectivity index (χ1n) is 6.17. The molecule has 0 spiro atoms. The first kappa shape index (κ1) is 12.1. The van der Waals surface area contributed by atoms with Crippen molar-refractivity contribution in [3.63, 3.8) is 0 Å². The first-order valence-corrected chi connectivity index (χ1v) is 6.98. The van der Waals surface area contributed by atoms with Crippen LogP contribution in [0.15, 0.2) is 12.1 Å². The highest BCUT2D eigenvalue weighted by molar-refractivity contribution is 7.11. The van der Waals surface area contributed by atoms with Crippen LogP contribution in [0, 0.1) is 5.92 Å². The van der Waals surface area contributed by atoms with Gasteiger partial charge in [-0.05, 0) is 37.4 Å². The number of aliphatic hydroxyl groups is 1. The van der Waals surface area contributed by atoms with Crippen molar-refractivity contribution in [1.29, 1.82) is 0 Å². The molecule has 0 radical (unpaired) electrons. The average Bonchev–Trinajstić information content (AvgIpc) is 2.86. The Morgan fingerprint density at radius 3 is 2.81 bits per heavy atom.